The Kier molecular flexibility index (Phi) is 6.99. The van der Waals surface area contributed by atoms with Gasteiger partial charge in [0.2, 0.25) is 5.91 Å². The fourth-order valence-corrected chi connectivity index (χ4v) is 3.38. The molecule has 3 rings (SSSR count). The smallest absolute Gasteiger partial charge is 0.334 e. The molecule has 31 heavy (non-hydrogen) atoms. The van der Waals surface area contributed by atoms with E-state index in [0.29, 0.717) is 29.7 Å². The van der Waals surface area contributed by atoms with E-state index in [-0.39, 0.29) is 30.5 Å². The highest BCUT2D eigenvalue weighted by Gasteiger charge is 2.34. The average molecular weight is 459 g/mol. The highest BCUT2D eigenvalue weighted by molar-refractivity contribution is 6.30. The van der Waals surface area contributed by atoms with Crippen LogP contribution in [0.5, 0.6) is 0 Å². The van der Waals surface area contributed by atoms with Gasteiger partial charge >= 0.3 is 12.2 Å². The van der Waals surface area contributed by atoms with E-state index in [4.69, 9.17) is 11.6 Å². The highest BCUT2D eigenvalue weighted by atomic mass is 35.5. The molecule has 6 nitrogen and oxygen atoms in total. The first-order chi connectivity index (χ1) is 14.6. The molecule has 0 saturated carbocycles. The molecule has 166 valence electrons. The number of urea groups is 1. The third-order valence-electron chi connectivity index (χ3n) is 4.94. The second-order valence-electron chi connectivity index (χ2n) is 7.07. The molecule has 0 spiro atoms. The number of benzene rings is 1. The zero-order valence-corrected chi connectivity index (χ0v) is 16.9. The predicted octanol–water partition coefficient (Wildman–Crippen LogP) is 4.45. The van der Waals surface area contributed by atoms with Crippen LogP contribution in [0.1, 0.15) is 24.0 Å². The third kappa shape index (κ3) is 6.06. The lowest BCUT2D eigenvalue weighted by molar-refractivity contribution is -0.138. The molecule has 1 aliphatic rings. The summed E-state index contributed by atoms with van der Waals surface area (Å²) in [5.74, 6) is -1.18. The summed E-state index contributed by atoms with van der Waals surface area (Å²) < 4.78 is 52.4. The van der Waals surface area contributed by atoms with Crippen LogP contribution in [-0.2, 0) is 17.5 Å². The summed E-state index contributed by atoms with van der Waals surface area (Å²) in [6.45, 7) is 0.150. The third-order valence-corrected chi connectivity index (χ3v) is 5.16. The number of carbonyl (C=O) groups is 2. The Labute approximate surface area is 180 Å². The summed E-state index contributed by atoms with van der Waals surface area (Å²) in [5.41, 5.74) is -1.36. The number of aromatic nitrogens is 1. The number of anilines is 1. The van der Waals surface area contributed by atoms with Gasteiger partial charge in [-0.2, -0.15) is 13.2 Å². The molecule has 1 aliphatic heterocycles. The molecule has 0 radical (unpaired) electrons. The molecule has 2 heterocycles. The van der Waals surface area contributed by atoms with Crippen LogP contribution in [0.2, 0.25) is 5.02 Å². The van der Waals surface area contributed by atoms with Crippen LogP contribution in [0.25, 0.3) is 0 Å². The SMILES string of the molecule is O=C(Nc1ccc(Cl)cn1)C1CCN(C(=O)NCc2ccc(F)cc2C(F)(F)F)CC1. The van der Waals surface area contributed by atoms with Gasteiger partial charge in [-0.3, -0.25) is 4.79 Å². The van der Waals surface area contributed by atoms with E-state index < -0.39 is 30.1 Å². The molecule has 1 aromatic heterocycles. The first-order valence-electron chi connectivity index (χ1n) is 9.44. The molecule has 3 amide bonds. The molecule has 0 bridgehead atoms. The topological polar surface area (TPSA) is 74.3 Å². The minimum atomic E-state index is -4.73. The lowest BCUT2D eigenvalue weighted by atomic mass is 9.96. The Morgan fingerprint density at radius 3 is 2.48 bits per heavy atom. The number of carbonyl (C=O) groups excluding carboxylic acids is 2. The van der Waals surface area contributed by atoms with Gasteiger partial charge in [-0.15, -0.1) is 0 Å². The van der Waals surface area contributed by atoms with Crippen molar-refractivity contribution in [1.82, 2.24) is 15.2 Å². The zero-order valence-electron chi connectivity index (χ0n) is 16.2. The molecule has 2 N–H and O–H groups in total. The number of alkyl halides is 3. The number of pyridine rings is 1. The lowest BCUT2D eigenvalue weighted by Crippen LogP contribution is -2.46. The normalized spacial score (nSPS) is 14.9. The fourth-order valence-electron chi connectivity index (χ4n) is 3.27. The maximum atomic E-state index is 13.2. The van der Waals surface area contributed by atoms with Crippen LogP contribution in [-0.4, -0.2) is 34.9 Å². The summed E-state index contributed by atoms with van der Waals surface area (Å²) in [5, 5.41) is 5.57. The van der Waals surface area contributed by atoms with E-state index in [2.05, 4.69) is 15.6 Å². The molecule has 1 saturated heterocycles. The van der Waals surface area contributed by atoms with Crippen LogP contribution in [0.15, 0.2) is 36.5 Å². The van der Waals surface area contributed by atoms with Crippen molar-refractivity contribution in [2.75, 3.05) is 18.4 Å². The van der Waals surface area contributed by atoms with E-state index in [1.54, 1.807) is 12.1 Å². The predicted molar refractivity (Wildman–Crippen MR) is 106 cm³/mol. The Morgan fingerprint density at radius 1 is 1.16 bits per heavy atom. The van der Waals surface area contributed by atoms with E-state index in [9.17, 15) is 27.2 Å². The number of hydrogen-bond donors (Lipinski definition) is 2. The number of nitrogens with zero attached hydrogens (tertiary/aromatic N) is 2. The van der Waals surface area contributed by atoms with Crippen molar-refractivity contribution in [2.45, 2.75) is 25.6 Å². The van der Waals surface area contributed by atoms with Crippen molar-refractivity contribution < 1.29 is 27.2 Å². The number of piperidine rings is 1. The average Bonchev–Trinajstić information content (AvgIpc) is 2.73. The van der Waals surface area contributed by atoms with Gasteiger partial charge in [0, 0.05) is 31.7 Å². The monoisotopic (exact) mass is 458 g/mol. The minimum Gasteiger partial charge on any atom is -0.334 e. The van der Waals surface area contributed by atoms with E-state index in [0.717, 1.165) is 12.1 Å². The van der Waals surface area contributed by atoms with Crippen molar-refractivity contribution in [3.8, 4) is 0 Å². The molecular formula is C20H19ClF4N4O2. The summed E-state index contributed by atoms with van der Waals surface area (Å²) in [7, 11) is 0. The maximum Gasteiger partial charge on any atom is 0.416 e. The Balaban J connectivity index is 1.50. The summed E-state index contributed by atoms with van der Waals surface area (Å²) in [6, 6.07) is 4.95. The molecule has 1 fully saturated rings. The Hall–Kier alpha value is -2.88. The molecule has 2 aromatic rings. The quantitative estimate of drug-likeness (QED) is 0.665. The second-order valence-corrected chi connectivity index (χ2v) is 7.51. The van der Waals surface area contributed by atoms with Gasteiger partial charge in [0.05, 0.1) is 10.6 Å². The van der Waals surface area contributed by atoms with Crippen LogP contribution in [0, 0.1) is 11.7 Å². The van der Waals surface area contributed by atoms with Crippen molar-refractivity contribution in [2.24, 2.45) is 5.92 Å². The van der Waals surface area contributed by atoms with Gasteiger partial charge in [0.1, 0.15) is 11.6 Å². The molecule has 1 aromatic carbocycles. The number of amides is 3. The van der Waals surface area contributed by atoms with E-state index in [1.165, 1.54) is 11.1 Å². The number of likely N-dealkylation sites (tertiary alicyclic amines) is 1. The van der Waals surface area contributed by atoms with Crippen molar-refractivity contribution in [3.63, 3.8) is 0 Å². The van der Waals surface area contributed by atoms with Crippen molar-refractivity contribution in [1.29, 1.82) is 0 Å². The van der Waals surface area contributed by atoms with Crippen molar-refractivity contribution in [3.05, 3.63) is 58.5 Å². The maximum absolute atomic E-state index is 13.2. The first kappa shape index (κ1) is 22.8. The molecule has 11 heteroatoms. The van der Waals surface area contributed by atoms with Crippen LogP contribution >= 0.6 is 11.6 Å². The number of hydrogen-bond acceptors (Lipinski definition) is 3. The standard InChI is InChI=1S/C20H19ClF4N4O2/c21-14-2-4-17(26-11-14)28-18(30)12-5-7-29(8-6-12)19(31)27-10-13-1-3-15(22)9-16(13)20(23,24)25/h1-4,9,11-12H,5-8,10H2,(H,27,31)(H,26,28,30). The summed E-state index contributed by atoms with van der Waals surface area (Å²) >= 11 is 5.75. The van der Waals surface area contributed by atoms with Crippen molar-refractivity contribution >= 4 is 29.4 Å². The van der Waals surface area contributed by atoms with E-state index >= 15 is 0 Å². The highest BCUT2D eigenvalue weighted by Crippen LogP contribution is 2.32. The Bertz CT molecular complexity index is 945. The first-order valence-corrected chi connectivity index (χ1v) is 9.82. The van der Waals surface area contributed by atoms with Crippen LogP contribution in [0.3, 0.4) is 0 Å². The fraction of sp³-hybridized carbons (Fsp3) is 0.350. The molecule has 0 unspecified atom stereocenters. The van der Waals surface area contributed by atoms with Gasteiger partial charge in [0.15, 0.2) is 0 Å². The van der Waals surface area contributed by atoms with Gasteiger partial charge < -0.3 is 15.5 Å². The Morgan fingerprint density at radius 2 is 1.87 bits per heavy atom. The van der Waals surface area contributed by atoms with Gasteiger partial charge in [-0.05, 0) is 42.7 Å². The van der Waals surface area contributed by atoms with Crippen LogP contribution < -0.4 is 10.6 Å². The number of nitrogens with one attached hydrogen (secondary N) is 2. The van der Waals surface area contributed by atoms with Gasteiger partial charge in [-0.25, -0.2) is 14.2 Å². The minimum absolute atomic E-state index is 0.226. The summed E-state index contributed by atoms with van der Waals surface area (Å²) in [6.07, 6.45) is -2.52. The van der Waals surface area contributed by atoms with E-state index in [1.807, 2.05) is 0 Å². The number of halogens is 5. The second kappa shape index (κ2) is 9.51. The summed E-state index contributed by atoms with van der Waals surface area (Å²) in [4.78, 5) is 30.1. The molecular weight excluding hydrogens is 440 g/mol. The van der Waals surface area contributed by atoms with Crippen LogP contribution in [0.4, 0.5) is 28.2 Å². The number of rotatable bonds is 4. The van der Waals surface area contributed by atoms with Gasteiger partial charge in [0.25, 0.3) is 0 Å². The molecule has 0 aliphatic carbocycles. The lowest BCUT2D eigenvalue weighted by Gasteiger charge is -2.31. The molecule has 0 atom stereocenters. The zero-order chi connectivity index (χ0) is 22.6. The van der Waals surface area contributed by atoms with Gasteiger partial charge in [-0.1, -0.05) is 17.7 Å². The largest absolute Gasteiger partial charge is 0.416 e.